The molecule has 3 aromatic rings. The quantitative estimate of drug-likeness (QED) is 0.682. The van der Waals surface area contributed by atoms with Crippen molar-refractivity contribution in [2.75, 3.05) is 19.6 Å². The molecule has 1 unspecified atom stereocenters. The van der Waals surface area contributed by atoms with E-state index in [1.54, 1.807) is 0 Å². The zero-order chi connectivity index (χ0) is 17.6. The van der Waals surface area contributed by atoms with Gasteiger partial charge in [0.05, 0.1) is 6.33 Å². The van der Waals surface area contributed by atoms with E-state index in [1.807, 2.05) is 43.5 Å². The Hall–Kier alpha value is -2.57. The van der Waals surface area contributed by atoms with Gasteiger partial charge in [0.2, 0.25) is 0 Å². The van der Waals surface area contributed by atoms with Crippen molar-refractivity contribution >= 4 is 0 Å². The third-order valence-corrected chi connectivity index (χ3v) is 4.96. The molecule has 1 atom stereocenters. The van der Waals surface area contributed by atoms with Gasteiger partial charge >= 0.3 is 0 Å². The summed E-state index contributed by atoms with van der Waals surface area (Å²) in [5.74, 6) is 0. The maximum absolute atomic E-state index is 4.20. The normalized spacial score (nSPS) is 18.8. The number of nitrogens with zero attached hydrogens (tertiary/aromatic N) is 6. The van der Waals surface area contributed by atoms with Crippen LogP contribution < -0.4 is 0 Å². The molecule has 0 N–H and O–H groups in total. The zero-order valence-electron chi connectivity index (χ0n) is 14.9. The van der Waals surface area contributed by atoms with E-state index in [-0.39, 0.29) is 0 Å². The van der Waals surface area contributed by atoms with Crippen LogP contribution in [0.4, 0.5) is 0 Å². The Labute approximate surface area is 154 Å². The summed E-state index contributed by atoms with van der Waals surface area (Å²) in [7, 11) is 0. The number of pyridine rings is 2. The Balaban J connectivity index is 1.46. The summed E-state index contributed by atoms with van der Waals surface area (Å²) < 4.78 is 2.18. The number of aromatic nitrogens is 4. The van der Waals surface area contributed by atoms with E-state index in [2.05, 4.69) is 53.6 Å². The van der Waals surface area contributed by atoms with Crippen LogP contribution >= 0.6 is 0 Å². The summed E-state index contributed by atoms with van der Waals surface area (Å²) in [6.45, 7) is 6.08. The smallest absolute Gasteiger partial charge is 0.0946 e. The van der Waals surface area contributed by atoms with Crippen molar-refractivity contribution < 1.29 is 0 Å². The standard InChI is InChI=1S/C20H24N6/c1-5-21-6-2-18(1)13-24-11-12-26(14-19-3-7-22-8-4-19)20(15-24)16-25-10-9-23-17-25/h1-10,17,20H,11-16H2. The molecule has 134 valence electrons. The molecule has 3 aromatic heterocycles. The first-order chi connectivity index (χ1) is 12.9. The second-order valence-corrected chi connectivity index (χ2v) is 6.83. The van der Waals surface area contributed by atoms with E-state index < -0.39 is 0 Å². The van der Waals surface area contributed by atoms with Crippen LogP contribution in [0.3, 0.4) is 0 Å². The van der Waals surface area contributed by atoms with Crippen molar-refractivity contribution in [1.82, 2.24) is 29.3 Å². The molecule has 0 aromatic carbocycles. The van der Waals surface area contributed by atoms with Crippen molar-refractivity contribution in [3.63, 3.8) is 0 Å². The van der Waals surface area contributed by atoms with Crippen molar-refractivity contribution in [3.8, 4) is 0 Å². The van der Waals surface area contributed by atoms with Crippen molar-refractivity contribution in [2.45, 2.75) is 25.7 Å². The number of hydrogen-bond acceptors (Lipinski definition) is 5. The molecule has 1 aliphatic heterocycles. The van der Waals surface area contributed by atoms with Crippen LogP contribution in [0.1, 0.15) is 11.1 Å². The fourth-order valence-corrected chi connectivity index (χ4v) is 3.59. The molecule has 0 saturated carbocycles. The number of imidazole rings is 1. The second-order valence-electron chi connectivity index (χ2n) is 6.83. The third kappa shape index (κ3) is 4.33. The second kappa shape index (κ2) is 8.21. The molecule has 26 heavy (non-hydrogen) atoms. The van der Waals surface area contributed by atoms with Gasteiger partial charge in [-0.3, -0.25) is 19.8 Å². The van der Waals surface area contributed by atoms with Gasteiger partial charge in [0.25, 0.3) is 0 Å². The highest BCUT2D eigenvalue weighted by molar-refractivity contribution is 5.11. The summed E-state index contributed by atoms with van der Waals surface area (Å²) in [6.07, 6.45) is 13.3. The SMILES string of the molecule is c1cc(CN2CCN(Cc3ccncc3)C(Cn3ccnc3)C2)ccn1. The fraction of sp³-hybridized carbons (Fsp3) is 0.350. The van der Waals surface area contributed by atoms with Crippen molar-refractivity contribution in [3.05, 3.63) is 78.9 Å². The van der Waals surface area contributed by atoms with E-state index in [1.165, 1.54) is 11.1 Å². The first-order valence-electron chi connectivity index (χ1n) is 9.07. The summed E-state index contributed by atoms with van der Waals surface area (Å²) in [6, 6.07) is 8.88. The van der Waals surface area contributed by atoms with Gasteiger partial charge in [0, 0.05) is 82.5 Å². The van der Waals surface area contributed by atoms with E-state index in [0.717, 1.165) is 39.3 Å². The van der Waals surface area contributed by atoms with Gasteiger partial charge in [0.15, 0.2) is 0 Å². The van der Waals surface area contributed by atoms with Crippen molar-refractivity contribution in [1.29, 1.82) is 0 Å². The zero-order valence-corrected chi connectivity index (χ0v) is 14.9. The minimum absolute atomic E-state index is 0.452. The van der Waals surface area contributed by atoms with E-state index in [9.17, 15) is 0 Å². The minimum atomic E-state index is 0.452. The number of rotatable bonds is 6. The highest BCUT2D eigenvalue weighted by Crippen LogP contribution is 2.17. The average Bonchev–Trinajstić information content (AvgIpc) is 3.19. The molecule has 6 heteroatoms. The van der Waals surface area contributed by atoms with Gasteiger partial charge in [-0.2, -0.15) is 0 Å². The molecule has 0 aliphatic carbocycles. The largest absolute Gasteiger partial charge is 0.336 e. The van der Waals surface area contributed by atoms with Crippen LogP contribution in [0.25, 0.3) is 0 Å². The Morgan fingerprint density at radius 3 is 2.15 bits per heavy atom. The molecule has 1 saturated heterocycles. The number of hydrogen-bond donors (Lipinski definition) is 0. The lowest BCUT2D eigenvalue weighted by Crippen LogP contribution is -2.53. The molecular weight excluding hydrogens is 324 g/mol. The summed E-state index contributed by atoms with van der Waals surface area (Å²) >= 11 is 0. The maximum atomic E-state index is 4.20. The molecule has 4 rings (SSSR count). The molecule has 1 fully saturated rings. The molecule has 0 amide bonds. The van der Waals surface area contributed by atoms with Gasteiger partial charge in [-0.1, -0.05) is 0 Å². The summed E-state index contributed by atoms with van der Waals surface area (Å²) in [5.41, 5.74) is 2.64. The average molecular weight is 348 g/mol. The van der Waals surface area contributed by atoms with Gasteiger partial charge in [-0.25, -0.2) is 4.98 Å². The summed E-state index contributed by atoms with van der Waals surface area (Å²) in [4.78, 5) is 17.6. The van der Waals surface area contributed by atoms with Gasteiger partial charge in [0.1, 0.15) is 0 Å². The lowest BCUT2D eigenvalue weighted by molar-refractivity contribution is 0.0549. The molecule has 0 spiro atoms. The highest BCUT2D eigenvalue weighted by Gasteiger charge is 2.27. The van der Waals surface area contributed by atoms with Crippen LogP contribution in [0.15, 0.2) is 67.8 Å². The van der Waals surface area contributed by atoms with Gasteiger partial charge < -0.3 is 4.57 Å². The predicted molar refractivity (Wildman–Crippen MR) is 100 cm³/mol. The molecule has 0 bridgehead atoms. The van der Waals surface area contributed by atoms with Crippen LogP contribution in [-0.2, 0) is 19.6 Å². The first kappa shape index (κ1) is 16.9. The van der Waals surface area contributed by atoms with Crippen LogP contribution in [0.2, 0.25) is 0 Å². The molecular formula is C20H24N6. The Kier molecular flexibility index (Phi) is 5.33. The molecule has 6 nitrogen and oxygen atoms in total. The van der Waals surface area contributed by atoms with Crippen molar-refractivity contribution in [2.24, 2.45) is 0 Å². The van der Waals surface area contributed by atoms with Crippen LogP contribution in [-0.4, -0.2) is 55.0 Å². The molecule has 1 aliphatic rings. The van der Waals surface area contributed by atoms with Gasteiger partial charge in [-0.15, -0.1) is 0 Å². The lowest BCUT2D eigenvalue weighted by Gasteiger charge is -2.41. The van der Waals surface area contributed by atoms with E-state index >= 15 is 0 Å². The van der Waals surface area contributed by atoms with E-state index in [0.29, 0.717) is 6.04 Å². The Bertz CT molecular complexity index is 775. The fourth-order valence-electron chi connectivity index (χ4n) is 3.59. The Morgan fingerprint density at radius 1 is 0.808 bits per heavy atom. The third-order valence-electron chi connectivity index (χ3n) is 4.96. The predicted octanol–water partition coefficient (Wildman–Crippen LogP) is 2.06. The van der Waals surface area contributed by atoms with Gasteiger partial charge in [-0.05, 0) is 35.4 Å². The number of piperazine rings is 1. The first-order valence-corrected chi connectivity index (χ1v) is 9.07. The maximum Gasteiger partial charge on any atom is 0.0946 e. The Morgan fingerprint density at radius 2 is 1.50 bits per heavy atom. The lowest BCUT2D eigenvalue weighted by atomic mass is 10.1. The van der Waals surface area contributed by atoms with E-state index in [4.69, 9.17) is 0 Å². The highest BCUT2D eigenvalue weighted by atomic mass is 15.3. The van der Waals surface area contributed by atoms with Crippen LogP contribution in [0.5, 0.6) is 0 Å². The molecule has 0 radical (unpaired) electrons. The van der Waals surface area contributed by atoms with Crippen LogP contribution in [0, 0.1) is 0 Å². The monoisotopic (exact) mass is 348 g/mol. The molecule has 4 heterocycles. The topological polar surface area (TPSA) is 50.1 Å². The summed E-state index contributed by atoms with van der Waals surface area (Å²) in [5, 5.41) is 0. The minimum Gasteiger partial charge on any atom is -0.336 e.